The van der Waals surface area contributed by atoms with Crippen LogP contribution >= 0.6 is 0 Å². The lowest BCUT2D eigenvalue weighted by molar-refractivity contribution is -0.137. The van der Waals surface area contributed by atoms with Gasteiger partial charge in [0.1, 0.15) is 5.67 Å². The number of halogens is 4. The number of benzene rings is 2. The molecule has 0 saturated heterocycles. The number of rotatable bonds is 6. The van der Waals surface area contributed by atoms with E-state index < -0.39 is 17.4 Å². The molecule has 0 aliphatic heterocycles. The standard InChI is InChI=1S/C32H32F4N2/c1-31(2,33)19-21-15-16-24(17-21)23-11-8-12-25(18-23)27-20-37-30(22-9-4-3-5-10-22)38-29(27)26-13-6-7-14-28(26)32(34,35)36/h3-7,9-11,13-14,18,20-21,24H,8,12,15-17,19H2,1-2H3. The Morgan fingerprint density at radius 2 is 1.63 bits per heavy atom. The van der Waals surface area contributed by atoms with Crippen LogP contribution in [0.25, 0.3) is 28.2 Å². The fraction of sp³-hybridized carbons (Fsp3) is 0.375. The van der Waals surface area contributed by atoms with Crippen LogP contribution in [0, 0.1) is 11.8 Å². The summed E-state index contributed by atoms with van der Waals surface area (Å²) < 4.78 is 56.4. The molecule has 2 nitrogen and oxygen atoms in total. The normalized spacial score (nSPS) is 20.3. The summed E-state index contributed by atoms with van der Waals surface area (Å²) in [6.07, 6.45) is 6.52. The molecule has 1 heterocycles. The number of aromatic nitrogens is 2. The molecule has 3 aromatic rings. The predicted molar refractivity (Wildman–Crippen MR) is 144 cm³/mol. The molecular weight excluding hydrogens is 488 g/mol. The highest BCUT2D eigenvalue weighted by atomic mass is 19.4. The van der Waals surface area contributed by atoms with Crippen molar-refractivity contribution in [1.82, 2.24) is 9.97 Å². The van der Waals surface area contributed by atoms with Gasteiger partial charge in [0.25, 0.3) is 0 Å². The van der Waals surface area contributed by atoms with E-state index in [0.717, 1.165) is 42.9 Å². The van der Waals surface area contributed by atoms with Gasteiger partial charge in [-0.25, -0.2) is 14.4 Å². The molecule has 0 amide bonds. The van der Waals surface area contributed by atoms with Gasteiger partial charge < -0.3 is 0 Å². The Labute approximate surface area is 221 Å². The summed E-state index contributed by atoms with van der Waals surface area (Å²) in [4.78, 5) is 9.31. The van der Waals surface area contributed by atoms with Crippen molar-refractivity contribution in [3.8, 4) is 22.6 Å². The summed E-state index contributed by atoms with van der Waals surface area (Å²) in [5.41, 5.74) is 1.98. The van der Waals surface area contributed by atoms with Gasteiger partial charge in [0.2, 0.25) is 0 Å². The van der Waals surface area contributed by atoms with Gasteiger partial charge in [0.05, 0.1) is 11.3 Å². The van der Waals surface area contributed by atoms with Crippen molar-refractivity contribution >= 4 is 5.57 Å². The monoisotopic (exact) mass is 520 g/mol. The minimum atomic E-state index is -4.51. The molecule has 2 aliphatic carbocycles. The maximum absolute atomic E-state index is 14.3. The number of allylic oxidation sites excluding steroid dienone is 4. The maximum Gasteiger partial charge on any atom is 0.417 e. The first-order valence-corrected chi connectivity index (χ1v) is 13.3. The molecule has 1 fully saturated rings. The van der Waals surface area contributed by atoms with Gasteiger partial charge in [0.15, 0.2) is 5.82 Å². The molecule has 5 rings (SSSR count). The van der Waals surface area contributed by atoms with Crippen molar-refractivity contribution in [2.24, 2.45) is 11.8 Å². The fourth-order valence-corrected chi connectivity index (χ4v) is 5.96. The lowest BCUT2D eigenvalue weighted by atomic mass is 9.85. The summed E-state index contributed by atoms with van der Waals surface area (Å²) in [6, 6.07) is 14.9. The van der Waals surface area contributed by atoms with E-state index in [4.69, 9.17) is 4.98 Å². The Kier molecular flexibility index (Phi) is 7.26. The molecule has 2 aliphatic rings. The van der Waals surface area contributed by atoms with Crippen LogP contribution in [0.1, 0.15) is 63.5 Å². The Balaban J connectivity index is 1.55. The summed E-state index contributed by atoms with van der Waals surface area (Å²) in [5, 5.41) is 0. The third-order valence-electron chi connectivity index (χ3n) is 7.58. The molecule has 2 aromatic carbocycles. The van der Waals surface area contributed by atoms with E-state index in [1.165, 1.54) is 17.7 Å². The van der Waals surface area contributed by atoms with Crippen molar-refractivity contribution in [3.63, 3.8) is 0 Å². The topological polar surface area (TPSA) is 25.8 Å². The second kappa shape index (κ2) is 10.5. The van der Waals surface area contributed by atoms with Gasteiger partial charge in [-0.2, -0.15) is 13.2 Å². The van der Waals surface area contributed by atoms with Crippen LogP contribution < -0.4 is 0 Å². The van der Waals surface area contributed by atoms with Crippen LogP contribution in [0.5, 0.6) is 0 Å². The van der Waals surface area contributed by atoms with Gasteiger partial charge in [-0.3, -0.25) is 0 Å². The maximum atomic E-state index is 14.3. The highest BCUT2D eigenvalue weighted by Crippen LogP contribution is 2.44. The Morgan fingerprint density at radius 3 is 2.37 bits per heavy atom. The fourth-order valence-electron chi connectivity index (χ4n) is 5.96. The first kappa shape index (κ1) is 26.3. The predicted octanol–water partition coefficient (Wildman–Crippen LogP) is 9.49. The highest BCUT2D eigenvalue weighted by Gasteiger charge is 2.35. The lowest BCUT2D eigenvalue weighted by Gasteiger charge is -2.22. The van der Waals surface area contributed by atoms with Crippen molar-refractivity contribution < 1.29 is 17.6 Å². The average molecular weight is 521 g/mol. The van der Waals surface area contributed by atoms with Gasteiger partial charge >= 0.3 is 6.18 Å². The second-order valence-electron chi connectivity index (χ2n) is 11.1. The van der Waals surface area contributed by atoms with Crippen molar-refractivity contribution in [2.75, 3.05) is 0 Å². The molecule has 1 saturated carbocycles. The SMILES string of the molecule is CC(C)(F)CC1CCC(C2=CCCC(c3cnc(-c4ccccc4)nc3-c3ccccc3C(F)(F)F)=C2)C1. The van der Waals surface area contributed by atoms with E-state index in [2.05, 4.69) is 17.1 Å². The molecular formula is C32H32F4N2. The Hall–Kier alpha value is -3.28. The zero-order chi connectivity index (χ0) is 26.9. The van der Waals surface area contributed by atoms with Crippen molar-refractivity contribution in [2.45, 2.75) is 64.2 Å². The van der Waals surface area contributed by atoms with E-state index in [1.807, 2.05) is 30.3 Å². The molecule has 198 valence electrons. The van der Waals surface area contributed by atoms with Crippen molar-refractivity contribution in [1.29, 1.82) is 0 Å². The van der Waals surface area contributed by atoms with Gasteiger partial charge in [-0.1, -0.05) is 60.7 Å². The van der Waals surface area contributed by atoms with E-state index in [1.54, 1.807) is 26.1 Å². The average Bonchev–Trinajstić information content (AvgIpc) is 3.35. The van der Waals surface area contributed by atoms with E-state index in [0.29, 0.717) is 41.8 Å². The van der Waals surface area contributed by atoms with Gasteiger partial charge in [0, 0.05) is 22.9 Å². The second-order valence-corrected chi connectivity index (χ2v) is 11.1. The number of nitrogens with zero attached hydrogens (tertiary/aromatic N) is 2. The van der Waals surface area contributed by atoms with E-state index >= 15 is 0 Å². The zero-order valence-corrected chi connectivity index (χ0v) is 21.7. The zero-order valence-electron chi connectivity index (χ0n) is 21.7. The van der Waals surface area contributed by atoms with Crippen LogP contribution in [0.15, 0.2) is 78.5 Å². The Bertz CT molecular complexity index is 1350. The van der Waals surface area contributed by atoms with Crippen LogP contribution in [0.2, 0.25) is 0 Å². The lowest BCUT2D eigenvalue weighted by Crippen LogP contribution is -2.16. The summed E-state index contributed by atoms with van der Waals surface area (Å²) in [5.74, 6) is 1.08. The number of hydrogen-bond donors (Lipinski definition) is 0. The third kappa shape index (κ3) is 5.90. The summed E-state index contributed by atoms with van der Waals surface area (Å²) in [7, 11) is 0. The first-order chi connectivity index (χ1) is 18.1. The molecule has 38 heavy (non-hydrogen) atoms. The largest absolute Gasteiger partial charge is 0.417 e. The van der Waals surface area contributed by atoms with Crippen molar-refractivity contribution in [3.05, 3.63) is 89.6 Å². The van der Waals surface area contributed by atoms with Crippen LogP contribution in [0.4, 0.5) is 17.6 Å². The Morgan fingerprint density at radius 1 is 0.895 bits per heavy atom. The molecule has 2 atom stereocenters. The minimum Gasteiger partial charge on any atom is -0.244 e. The molecule has 0 bridgehead atoms. The molecule has 0 spiro atoms. The quantitative estimate of drug-likeness (QED) is 0.303. The van der Waals surface area contributed by atoms with Gasteiger partial charge in [-0.15, -0.1) is 0 Å². The van der Waals surface area contributed by atoms with Crippen LogP contribution in [0.3, 0.4) is 0 Å². The smallest absolute Gasteiger partial charge is 0.244 e. The molecule has 0 N–H and O–H groups in total. The van der Waals surface area contributed by atoms with Gasteiger partial charge in [-0.05, 0) is 81.4 Å². The van der Waals surface area contributed by atoms with Crippen LogP contribution in [-0.2, 0) is 6.18 Å². The molecule has 2 unspecified atom stereocenters. The first-order valence-electron chi connectivity index (χ1n) is 13.3. The molecule has 0 radical (unpaired) electrons. The van der Waals surface area contributed by atoms with E-state index in [9.17, 15) is 17.6 Å². The molecule has 1 aromatic heterocycles. The minimum absolute atomic E-state index is 0.0534. The van der Waals surface area contributed by atoms with Crippen LogP contribution in [-0.4, -0.2) is 15.6 Å². The van der Waals surface area contributed by atoms with E-state index in [-0.39, 0.29) is 5.56 Å². The summed E-state index contributed by atoms with van der Waals surface area (Å²) in [6.45, 7) is 3.27. The summed E-state index contributed by atoms with van der Waals surface area (Å²) >= 11 is 0. The number of alkyl halides is 4. The highest BCUT2D eigenvalue weighted by molar-refractivity contribution is 5.83. The number of hydrogen-bond acceptors (Lipinski definition) is 2. The third-order valence-corrected chi connectivity index (χ3v) is 7.58. The molecule has 6 heteroatoms.